The van der Waals surface area contributed by atoms with Gasteiger partial charge in [0.15, 0.2) is 11.3 Å². The molecule has 0 spiro atoms. The molecule has 182 valence electrons. The van der Waals surface area contributed by atoms with E-state index in [1.54, 1.807) is 0 Å². The van der Waals surface area contributed by atoms with E-state index in [4.69, 9.17) is 14.2 Å². The van der Waals surface area contributed by atoms with Crippen molar-refractivity contribution in [3.8, 4) is 17.1 Å². The number of alkyl halides is 3. The fourth-order valence-corrected chi connectivity index (χ4v) is 4.84. The minimum Gasteiger partial charge on any atom is -0.476 e. The standard InChI is InChI=1S/C25H27F3N2O4/c1-16-22(31)13-23(34-15-20-14-32-10-11-33-20)30-9-4-17-12-19(2-3-21(17)24(16)30)29-7-5-18(6-8-29)25(26,27)28/h2-3,5,12-13,20H,4,6-11,14-15H2,1H3/t20-/m0/s1. The van der Waals surface area contributed by atoms with Gasteiger partial charge in [-0.05, 0) is 37.5 Å². The minimum atomic E-state index is -4.26. The van der Waals surface area contributed by atoms with Gasteiger partial charge in [0.25, 0.3) is 0 Å². The maximum absolute atomic E-state index is 13.0. The molecular weight excluding hydrogens is 449 g/mol. The molecule has 0 amide bonds. The predicted molar refractivity (Wildman–Crippen MR) is 122 cm³/mol. The Morgan fingerprint density at radius 1 is 1.15 bits per heavy atom. The Morgan fingerprint density at radius 3 is 2.71 bits per heavy atom. The van der Waals surface area contributed by atoms with Gasteiger partial charge in [0, 0.05) is 48.1 Å². The van der Waals surface area contributed by atoms with Gasteiger partial charge in [0.05, 0.1) is 25.5 Å². The first-order valence-corrected chi connectivity index (χ1v) is 11.5. The van der Waals surface area contributed by atoms with Crippen LogP contribution in [0.2, 0.25) is 0 Å². The van der Waals surface area contributed by atoms with Crippen LogP contribution in [0.3, 0.4) is 0 Å². The fraction of sp³-hybridized carbons (Fsp3) is 0.480. The molecule has 5 rings (SSSR count). The first-order chi connectivity index (χ1) is 16.3. The number of anilines is 1. The predicted octanol–water partition coefficient (Wildman–Crippen LogP) is 3.87. The van der Waals surface area contributed by atoms with Crippen LogP contribution in [0.25, 0.3) is 11.3 Å². The van der Waals surface area contributed by atoms with Crippen molar-refractivity contribution in [2.24, 2.45) is 0 Å². The summed E-state index contributed by atoms with van der Waals surface area (Å²) >= 11 is 0. The molecule has 3 aliphatic heterocycles. The second-order valence-electron chi connectivity index (χ2n) is 8.87. The molecule has 4 heterocycles. The SMILES string of the molecule is Cc1c2n(c(OC[C@@H]3COCCO3)cc1=O)CCc1cc(N3CC=C(C(F)(F)F)CC3)ccc1-2. The van der Waals surface area contributed by atoms with Crippen LogP contribution in [0.5, 0.6) is 5.88 Å². The zero-order valence-electron chi connectivity index (χ0n) is 19.0. The average Bonchev–Trinajstić information content (AvgIpc) is 2.84. The molecule has 6 nitrogen and oxygen atoms in total. The number of aryl methyl sites for hydroxylation is 1. The van der Waals surface area contributed by atoms with Crippen LogP contribution in [0, 0.1) is 6.92 Å². The number of nitrogens with zero attached hydrogens (tertiary/aromatic N) is 2. The number of hydrogen-bond acceptors (Lipinski definition) is 5. The molecule has 3 aliphatic rings. The van der Waals surface area contributed by atoms with Gasteiger partial charge in [-0.2, -0.15) is 13.2 Å². The first-order valence-electron chi connectivity index (χ1n) is 11.5. The summed E-state index contributed by atoms with van der Waals surface area (Å²) in [4.78, 5) is 14.7. The van der Waals surface area contributed by atoms with Crippen LogP contribution >= 0.6 is 0 Å². The lowest BCUT2D eigenvalue weighted by Gasteiger charge is -2.31. The molecule has 1 fully saturated rings. The Morgan fingerprint density at radius 2 is 2.00 bits per heavy atom. The number of hydrogen-bond donors (Lipinski definition) is 0. The largest absolute Gasteiger partial charge is 0.476 e. The highest BCUT2D eigenvalue weighted by Gasteiger charge is 2.35. The van der Waals surface area contributed by atoms with Crippen LogP contribution in [0.1, 0.15) is 17.5 Å². The number of halogens is 3. The summed E-state index contributed by atoms with van der Waals surface area (Å²) in [7, 11) is 0. The normalized spacial score (nSPS) is 20.4. The minimum absolute atomic E-state index is 0.0195. The van der Waals surface area contributed by atoms with Gasteiger partial charge in [-0.3, -0.25) is 4.79 Å². The first kappa shape index (κ1) is 23.0. The molecule has 2 aromatic rings. The number of pyridine rings is 1. The number of benzene rings is 1. The van der Waals surface area contributed by atoms with Crippen molar-refractivity contribution in [3.05, 3.63) is 57.3 Å². The van der Waals surface area contributed by atoms with Crippen LogP contribution in [-0.4, -0.2) is 56.4 Å². The molecule has 1 aromatic carbocycles. The zero-order valence-corrected chi connectivity index (χ0v) is 19.0. The summed E-state index contributed by atoms with van der Waals surface area (Å²) in [6.07, 6.45) is -2.45. The van der Waals surface area contributed by atoms with Crippen LogP contribution in [0.15, 0.2) is 40.7 Å². The molecule has 1 aromatic heterocycles. The number of rotatable bonds is 4. The summed E-state index contributed by atoms with van der Waals surface area (Å²) in [6.45, 7) is 4.88. The second kappa shape index (κ2) is 9.11. The van der Waals surface area contributed by atoms with Crippen LogP contribution < -0.4 is 15.1 Å². The third kappa shape index (κ3) is 4.46. The highest BCUT2D eigenvalue weighted by Crippen LogP contribution is 2.37. The lowest BCUT2D eigenvalue weighted by molar-refractivity contribution is -0.102. The van der Waals surface area contributed by atoms with Crippen molar-refractivity contribution in [3.63, 3.8) is 0 Å². The molecule has 9 heteroatoms. The van der Waals surface area contributed by atoms with E-state index in [2.05, 4.69) is 0 Å². The fourth-order valence-electron chi connectivity index (χ4n) is 4.84. The number of ether oxygens (including phenoxy) is 3. The van der Waals surface area contributed by atoms with E-state index in [-0.39, 0.29) is 24.5 Å². The van der Waals surface area contributed by atoms with E-state index >= 15 is 0 Å². The molecule has 1 saturated heterocycles. The van der Waals surface area contributed by atoms with Crippen molar-refractivity contribution in [1.29, 1.82) is 0 Å². The summed E-state index contributed by atoms with van der Waals surface area (Å²) in [6, 6.07) is 7.45. The molecule has 0 N–H and O–H groups in total. The van der Waals surface area contributed by atoms with Gasteiger partial charge in [-0.1, -0.05) is 12.1 Å². The van der Waals surface area contributed by atoms with E-state index < -0.39 is 11.7 Å². The summed E-state index contributed by atoms with van der Waals surface area (Å²) < 4.78 is 58.0. The van der Waals surface area contributed by atoms with Gasteiger partial charge in [0.1, 0.15) is 12.7 Å². The smallest absolute Gasteiger partial charge is 0.412 e. The molecule has 34 heavy (non-hydrogen) atoms. The summed E-state index contributed by atoms with van der Waals surface area (Å²) in [5.74, 6) is 0.510. The molecule has 0 aliphatic carbocycles. The van der Waals surface area contributed by atoms with Crippen molar-refractivity contribution < 1.29 is 27.4 Å². The molecule has 0 saturated carbocycles. The Kier molecular flexibility index (Phi) is 6.16. The summed E-state index contributed by atoms with van der Waals surface area (Å²) in [5.41, 5.74) is 3.85. The second-order valence-corrected chi connectivity index (χ2v) is 8.87. The quantitative estimate of drug-likeness (QED) is 0.628. The monoisotopic (exact) mass is 476 g/mol. The van der Waals surface area contributed by atoms with E-state index in [0.29, 0.717) is 51.0 Å². The van der Waals surface area contributed by atoms with E-state index in [1.165, 1.54) is 12.1 Å². The van der Waals surface area contributed by atoms with Gasteiger partial charge < -0.3 is 23.7 Å². The molecule has 0 radical (unpaired) electrons. The Hall–Kier alpha value is -2.78. The molecule has 0 unspecified atom stereocenters. The van der Waals surface area contributed by atoms with Gasteiger partial charge in [-0.25, -0.2) is 0 Å². The molecular formula is C25H27F3N2O4. The lowest BCUT2D eigenvalue weighted by Crippen LogP contribution is -2.34. The summed E-state index contributed by atoms with van der Waals surface area (Å²) in [5, 5.41) is 0. The average molecular weight is 476 g/mol. The Labute approximate surface area is 195 Å². The van der Waals surface area contributed by atoms with Crippen molar-refractivity contribution in [1.82, 2.24) is 4.57 Å². The molecule has 0 bridgehead atoms. The third-order valence-electron chi connectivity index (χ3n) is 6.70. The topological polar surface area (TPSA) is 52.9 Å². The zero-order chi connectivity index (χ0) is 23.9. The van der Waals surface area contributed by atoms with Crippen LogP contribution in [0.4, 0.5) is 18.9 Å². The van der Waals surface area contributed by atoms with Gasteiger partial charge in [-0.15, -0.1) is 0 Å². The van der Waals surface area contributed by atoms with Gasteiger partial charge >= 0.3 is 6.18 Å². The van der Waals surface area contributed by atoms with E-state index in [1.807, 2.05) is 34.6 Å². The van der Waals surface area contributed by atoms with E-state index in [0.717, 1.165) is 28.9 Å². The van der Waals surface area contributed by atoms with Crippen LogP contribution in [-0.2, 0) is 22.4 Å². The lowest BCUT2D eigenvalue weighted by atomic mass is 9.93. The van der Waals surface area contributed by atoms with Crippen molar-refractivity contribution in [2.75, 3.05) is 44.4 Å². The Bertz CT molecular complexity index is 1170. The highest BCUT2D eigenvalue weighted by atomic mass is 19.4. The number of fused-ring (bicyclic) bond motifs is 3. The third-order valence-corrected chi connectivity index (χ3v) is 6.70. The van der Waals surface area contributed by atoms with Crippen molar-refractivity contribution in [2.45, 2.75) is 38.6 Å². The maximum atomic E-state index is 13.0. The molecule has 1 atom stereocenters. The van der Waals surface area contributed by atoms with Crippen molar-refractivity contribution >= 4 is 5.69 Å². The maximum Gasteiger partial charge on any atom is 0.412 e. The van der Waals surface area contributed by atoms with Gasteiger partial charge in [0.2, 0.25) is 0 Å². The Balaban J connectivity index is 1.41. The highest BCUT2D eigenvalue weighted by molar-refractivity contribution is 5.72. The number of aromatic nitrogens is 1. The van der Waals surface area contributed by atoms with E-state index in [9.17, 15) is 18.0 Å².